The lowest BCUT2D eigenvalue weighted by Crippen LogP contribution is -2.50. The number of nitrogens with zero attached hydrogens (tertiary/aromatic N) is 2. The molecule has 1 aromatic rings. The molecule has 0 bridgehead atoms. The van der Waals surface area contributed by atoms with E-state index in [2.05, 4.69) is 48.7 Å². The maximum absolute atomic E-state index is 12.0. The summed E-state index contributed by atoms with van der Waals surface area (Å²) in [6.07, 6.45) is 1.61. The molecule has 6 nitrogen and oxygen atoms in total. The molecule has 1 aromatic carbocycles. The van der Waals surface area contributed by atoms with Gasteiger partial charge in [-0.25, -0.2) is 12.7 Å². The minimum absolute atomic E-state index is 0.173. The van der Waals surface area contributed by atoms with Crippen molar-refractivity contribution in [3.8, 4) is 0 Å². The van der Waals surface area contributed by atoms with E-state index in [1.165, 1.54) is 4.90 Å². The average Bonchev–Trinajstić information content (AvgIpc) is 2.67. The Morgan fingerprint density at radius 1 is 1.26 bits per heavy atom. The van der Waals surface area contributed by atoms with Gasteiger partial charge in [-0.2, -0.15) is 0 Å². The van der Waals surface area contributed by atoms with Crippen LogP contribution in [-0.4, -0.2) is 61.9 Å². The van der Waals surface area contributed by atoms with Crippen molar-refractivity contribution >= 4 is 27.7 Å². The number of piperidine rings is 1. The standard InChI is InChI=1S/C19H32N4O2S2/c1-4-20-19(21-15-16(3)26-18-9-7-6-8-10-18)22-17-11-13-23(14-12-17)27(24,25)5-2/h6-10,16-17H,4-5,11-15H2,1-3H3,(H2,20,21,22). The summed E-state index contributed by atoms with van der Waals surface area (Å²) < 4.78 is 25.6. The van der Waals surface area contributed by atoms with Crippen LogP contribution >= 0.6 is 11.8 Å². The number of hydrogen-bond acceptors (Lipinski definition) is 4. The number of aliphatic imine (C=N–C) groups is 1. The van der Waals surface area contributed by atoms with Gasteiger partial charge in [0.2, 0.25) is 10.0 Å². The van der Waals surface area contributed by atoms with Gasteiger partial charge in [-0.1, -0.05) is 25.1 Å². The predicted octanol–water partition coefficient (Wildman–Crippen LogP) is 2.54. The second-order valence-corrected chi connectivity index (χ2v) is 10.4. The fourth-order valence-electron chi connectivity index (χ4n) is 2.96. The van der Waals surface area contributed by atoms with Crippen molar-refractivity contribution in [2.75, 3.05) is 31.9 Å². The molecular weight excluding hydrogens is 380 g/mol. The van der Waals surface area contributed by atoms with Crippen LogP contribution in [0.15, 0.2) is 40.2 Å². The number of sulfonamides is 1. The van der Waals surface area contributed by atoms with Gasteiger partial charge >= 0.3 is 0 Å². The van der Waals surface area contributed by atoms with Crippen LogP contribution in [0, 0.1) is 0 Å². The Bertz CT molecular complexity index is 687. The smallest absolute Gasteiger partial charge is 0.213 e. The van der Waals surface area contributed by atoms with E-state index in [4.69, 9.17) is 4.99 Å². The Morgan fingerprint density at radius 2 is 1.93 bits per heavy atom. The van der Waals surface area contributed by atoms with Crippen LogP contribution in [0.2, 0.25) is 0 Å². The summed E-state index contributed by atoms with van der Waals surface area (Å²) in [5.41, 5.74) is 0. The largest absolute Gasteiger partial charge is 0.357 e. The molecule has 1 atom stereocenters. The molecule has 0 aromatic heterocycles. The Labute approximate surface area is 168 Å². The summed E-state index contributed by atoms with van der Waals surface area (Å²) in [5.74, 6) is 0.987. The van der Waals surface area contributed by atoms with Gasteiger partial charge in [0, 0.05) is 35.8 Å². The molecular formula is C19H32N4O2S2. The molecule has 152 valence electrons. The number of thioether (sulfide) groups is 1. The van der Waals surface area contributed by atoms with Gasteiger partial charge in [0.25, 0.3) is 0 Å². The van der Waals surface area contributed by atoms with Crippen molar-refractivity contribution in [3.63, 3.8) is 0 Å². The van der Waals surface area contributed by atoms with Gasteiger partial charge in [0.15, 0.2) is 5.96 Å². The number of guanidine groups is 1. The molecule has 0 spiro atoms. The van der Waals surface area contributed by atoms with Crippen LogP contribution in [0.4, 0.5) is 0 Å². The summed E-state index contributed by atoms with van der Waals surface area (Å²) in [4.78, 5) is 5.98. The Hall–Kier alpha value is -1.25. The SMILES string of the molecule is CCNC(=NCC(C)Sc1ccccc1)NC1CCN(S(=O)(=O)CC)CC1. The molecule has 1 unspecified atom stereocenters. The molecule has 1 aliphatic heterocycles. The fourth-order valence-corrected chi connectivity index (χ4v) is 5.02. The third kappa shape index (κ3) is 7.35. The van der Waals surface area contributed by atoms with E-state index in [9.17, 15) is 8.42 Å². The number of hydrogen-bond donors (Lipinski definition) is 2. The normalized spacial score (nSPS) is 18.3. The number of nitrogens with one attached hydrogen (secondary N) is 2. The second-order valence-electron chi connectivity index (χ2n) is 6.68. The molecule has 0 aliphatic carbocycles. The highest BCUT2D eigenvalue weighted by atomic mass is 32.2. The molecule has 1 heterocycles. The maximum atomic E-state index is 12.0. The molecule has 2 rings (SSSR count). The molecule has 0 saturated carbocycles. The van der Waals surface area contributed by atoms with E-state index in [-0.39, 0.29) is 11.8 Å². The molecule has 2 N–H and O–H groups in total. The van der Waals surface area contributed by atoms with Crippen LogP contribution in [-0.2, 0) is 10.0 Å². The lowest BCUT2D eigenvalue weighted by Gasteiger charge is -2.32. The minimum atomic E-state index is -3.08. The Kier molecular flexibility index (Phi) is 8.92. The first-order valence-electron chi connectivity index (χ1n) is 9.69. The minimum Gasteiger partial charge on any atom is -0.357 e. The van der Waals surface area contributed by atoms with E-state index >= 15 is 0 Å². The van der Waals surface area contributed by atoms with Gasteiger partial charge in [-0.3, -0.25) is 4.99 Å². The molecule has 0 amide bonds. The molecule has 0 radical (unpaired) electrons. The first kappa shape index (κ1) is 22.0. The van der Waals surface area contributed by atoms with Gasteiger partial charge < -0.3 is 10.6 Å². The van der Waals surface area contributed by atoms with E-state index < -0.39 is 10.0 Å². The lowest BCUT2D eigenvalue weighted by atomic mass is 10.1. The van der Waals surface area contributed by atoms with Crippen LogP contribution in [0.1, 0.15) is 33.6 Å². The third-order valence-corrected chi connectivity index (χ3v) is 7.46. The molecule has 1 aliphatic rings. The van der Waals surface area contributed by atoms with Crippen LogP contribution in [0.5, 0.6) is 0 Å². The summed E-state index contributed by atoms with van der Waals surface area (Å²) in [6.45, 7) is 8.60. The zero-order valence-corrected chi connectivity index (χ0v) is 18.2. The first-order valence-corrected chi connectivity index (χ1v) is 12.2. The second kappa shape index (κ2) is 10.9. The van der Waals surface area contributed by atoms with E-state index in [1.54, 1.807) is 11.2 Å². The summed E-state index contributed by atoms with van der Waals surface area (Å²) in [7, 11) is -3.08. The Balaban J connectivity index is 1.85. The van der Waals surface area contributed by atoms with Crippen LogP contribution < -0.4 is 10.6 Å². The highest BCUT2D eigenvalue weighted by Gasteiger charge is 2.27. The van der Waals surface area contributed by atoms with E-state index in [1.807, 2.05) is 17.8 Å². The summed E-state index contributed by atoms with van der Waals surface area (Å²) >= 11 is 1.82. The quantitative estimate of drug-likeness (QED) is 0.390. The lowest BCUT2D eigenvalue weighted by molar-refractivity contribution is 0.306. The first-order chi connectivity index (χ1) is 12.9. The van der Waals surface area contributed by atoms with Gasteiger partial charge in [0.05, 0.1) is 12.3 Å². The Morgan fingerprint density at radius 3 is 2.52 bits per heavy atom. The highest BCUT2D eigenvalue weighted by molar-refractivity contribution is 8.00. The van der Waals surface area contributed by atoms with Crippen LogP contribution in [0.3, 0.4) is 0 Å². The van der Waals surface area contributed by atoms with Crippen molar-refractivity contribution in [2.45, 2.75) is 49.8 Å². The van der Waals surface area contributed by atoms with Crippen molar-refractivity contribution < 1.29 is 8.42 Å². The molecule has 27 heavy (non-hydrogen) atoms. The van der Waals surface area contributed by atoms with Crippen molar-refractivity contribution in [2.24, 2.45) is 4.99 Å². The van der Waals surface area contributed by atoms with Crippen molar-refractivity contribution in [1.82, 2.24) is 14.9 Å². The van der Waals surface area contributed by atoms with E-state index in [0.717, 1.165) is 31.9 Å². The van der Waals surface area contributed by atoms with Crippen molar-refractivity contribution in [3.05, 3.63) is 30.3 Å². The van der Waals surface area contributed by atoms with Gasteiger partial charge in [-0.05, 0) is 38.8 Å². The van der Waals surface area contributed by atoms with Gasteiger partial charge in [-0.15, -0.1) is 11.8 Å². The molecule has 1 saturated heterocycles. The van der Waals surface area contributed by atoms with E-state index in [0.29, 0.717) is 18.3 Å². The topological polar surface area (TPSA) is 73.8 Å². The summed E-state index contributed by atoms with van der Waals surface area (Å²) in [5, 5.41) is 7.15. The zero-order chi connectivity index (χ0) is 19.7. The summed E-state index contributed by atoms with van der Waals surface area (Å²) in [6, 6.07) is 10.6. The number of rotatable bonds is 8. The average molecular weight is 413 g/mol. The highest BCUT2D eigenvalue weighted by Crippen LogP contribution is 2.22. The molecule has 8 heteroatoms. The van der Waals surface area contributed by atoms with Crippen molar-refractivity contribution in [1.29, 1.82) is 0 Å². The van der Waals surface area contributed by atoms with Gasteiger partial charge in [0.1, 0.15) is 0 Å². The fraction of sp³-hybridized carbons (Fsp3) is 0.632. The monoisotopic (exact) mass is 412 g/mol. The molecule has 1 fully saturated rings. The maximum Gasteiger partial charge on any atom is 0.213 e. The third-order valence-electron chi connectivity index (χ3n) is 4.48. The predicted molar refractivity (Wildman–Crippen MR) is 115 cm³/mol. The van der Waals surface area contributed by atoms with Crippen LogP contribution in [0.25, 0.3) is 0 Å². The zero-order valence-electron chi connectivity index (χ0n) is 16.5. The number of benzene rings is 1.